The summed E-state index contributed by atoms with van der Waals surface area (Å²) in [6, 6.07) is 6.86. The number of carbonyl (C=O) groups is 1. The highest BCUT2D eigenvalue weighted by Crippen LogP contribution is 2.37. The first kappa shape index (κ1) is 14.8. The molecule has 0 aromatic heterocycles. The zero-order valence-electron chi connectivity index (χ0n) is 11.6. The lowest BCUT2D eigenvalue weighted by Gasteiger charge is -2.33. The largest absolute Gasteiger partial charge is 0.481 e. The molecule has 0 amide bonds. The van der Waals surface area contributed by atoms with Crippen molar-refractivity contribution in [2.75, 3.05) is 16.6 Å². The van der Waals surface area contributed by atoms with Crippen molar-refractivity contribution >= 4 is 21.7 Å². The van der Waals surface area contributed by atoms with Gasteiger partial charge in [0.25, 0.3) is 0 Å². The van der Waals surface area contributed by atoms with Gasteiger partial charge in [0, 0.05) is 6.54 Å². The van der Waals surface area contributed by atoms with Crippen molar-refractivity contribution in [1.29, 1.82) is 0 Å². The van der Waals surface area contributed by atoms with Crippen molar-refractivity contribution in [2.45, 2.75) is 26.2 Å². The van der Waals surface area contributed by atoms with Crippen LogP contribution in [0, 0.1) is 5.92 Å². The molecule has 0 saturated carbocycles. The van der Waals surface area contributed by atoms with E-state index in [0.29, 0.717) is 17.7 Å². The average Bonchev–Trinajstić information content (AvgIpc) is 2.35. The molecule has 110 valence electrons. The van der Waals surface area contributed by atoms with Crippen molar-refractivity contribution in [3.8, 4) is 0 Å². The Morgan fingerprint density at radius 3 is 2.65 bits per heavy atom. The van der Waals surface area contributed by atoms with Gasteiger partial charge in [-0.05, 0) is 24.0 Å². The van der Waals surface area contributed by atoms with Gasteiger partial charge in [-0.2, -0.15) is 0 Å². The minimum Gasteiger partial charge on any atom is -0.481 e. The summed E-state index contributed by atoms with van der Waals surface area (Å²) in [7, 11) is -3.40. The van der Waals surface area contributed by atoms with E-state index in [0.717, 1.165) is 0 Å². The number of nitrogens with zero attached hydrogens (tertiary/aromatic N) is 1. The van der Waals surface area contributed by atoms with Crippen molar-refractivity contribution in [1.82, 2.24) is 0 Å². The monoisotopic (exact) mass is 297 g/mol. The van der Waals surface area contributed by atoms with Crippen LogP contribution in [0.5, 0.6) is 0 Å². The maximum Gasteiger partial charge on any atom is 0.311 e. The molecule has 6 heteroatoms. The van der Waals surface area contributed by atoms with E-state index < -0.39 is 21.9 Å². The van der Waals surface area contributed by atoms with Gasteiger partial charge < -0.3 is 5.11 Å². The number of anilines is 1. The second-order valence-electron chi connectivity index (χ2n) is 5.48. The molecule has 1 atom stereocenters. The number of fused-ring (bicyclic) bond motifs is 1. The molecule has 2 rings (SSSR count). The van der Waals surface area contributed by atoms with E-state index in [2.05, 4.69) is 0 Å². The summed E-state index contributed by atoms with van der Waals surface area (Å²) in [6.45, 7) is 3.93. The lowest BCUT2D eigenvalue weighted by atomic mass is 9.91. The van der Waals surface area contributed by atoms with E-state index in [9.17, 15) is 18.3 Å². The maximum absolute atomic E-state index is 12.4. The lowest BCUT2D eigenvalue weighted by Crippen LogP contribution is -2.40. The zero-order chi connectivity index (χ0) is 14.9. The minimum atomic E-state index is -3.40. The summed E-state index contributed by atoms with van der Waals surface area (Å²) in [4.78, 5) is 11.3. The smallest absolute Gasteiger partial charge is 0.311 e. The number of carboxylic acids is 1. The number of benzene rings is 1. The first-order valence-corrected chi connectivity index (χ1v) is 8.26. The van der Waals surface area contributed by atoms with E-state index in [1.54, 1.807) is 24.3 Å². The Balaban J connectivity index is 2.44. The second-order valence-corrected chi connectivity index (χ2v) is 7.42. The van der Waals surface area contributed by atoms with Crippen LogP contribution in [0.1, 0.15) is 31.7 Å². The molecular weight excluding hydrogens is 278 g/mol. The molecule has 1 unspecified atom stereocenters. The normalized spacial score (nSPS) is 18.9. The van der Waals surface area contributed by atoms with Crippen LogP contribution < -0.4 is 4.31 Å². The lowest BCUT2D eigenvalue weighted by molar-refractivity contribution is -0.139. The van der Waals surface area contributed by atoms with E-state index in [1.807, 2.05) is 13.8 Å². The van der Waals surface area contributed by atoms with Crippen LogP contribution in [0.4, 0.5) is 5.69 Å². The zero-order valence-corrected chi connectivity index (χ0v) is 12.4. The highest BCUT2D eigenvalue weighted by Gasteiger charge is 2.34. The molecule has 1 aromatic carbocycles. The Bertz CT molecular complexity index is 609. The standard InChI is InChI=1S/C14H19NO4S/c1-10(2)9-20(18,19)15-8-7-12(14(16)17)11-5-3-4-6-13(11)15/h3-6,10,12H,7-9H2,1-2H3,(H,16,17). The van der Waals surface area contributed by atoms with Gasteiger partial charge in [0.05, 0.1) is 17.4 Å². The van der Waals surface area contributed by atoms with Crippen LogP contribution in [0.15, 0.2) is 24.3 Å². The minimum absolute atomic E-state index is 0.0318. The number of aliphatic carboxylic acids is 1. The summed E-state index contributed by atoms with van der Waals surface area (Å²) in [5.41, 5.74) is 1.09. The molecular formula is C14H19NO4S. The fraction of sp³-hybridized carbons (Fsp3) is 0.500. The van der Waals surface area contributed by atoms with E-state index >= 15 is 0 Å². The molecule has 0 saturated heterocycles. The fourth-order valence-corrected chi connectivity index (χ4v) is 4.46. The first-order chi connectivity index (χ1) is 9.33. The summed E-state index contributed by atoms with van der Waals surface area (Å²) in [6.07, 6.45) is 0.309. The Labute approximate surface area is 119 Å². The summed E-state index contributed by atoms with van der Waals surface area (Å²) < 4.78 is 26.2. The molecule has 20 heavy (non-hydrogen) atoms. The Morgan fingerprint density at radius 1 is 1.40 bits per heavy atom. The Kier molecular flexibility index (Phi) is 4.04. The van der Waals surface area contributed by atoms with E-state index in [4.69, 9.17) is 0 Å². The molecule has 0 radical (unpaired) electrons. The average molecular weight is 297 g/mol. The molecule has 1 aliphatic rings. The molecule has 5 nitrogen and oxygen atoms in total. The van der Waals surface area contributed by atoms with Gasteiger partial charge >= 0.3 is 5.97 Å². The summed E-state index contributed by atoms with van der Waals surface area (Å²) in [5, 5.41) is 9.25. The van der Waals surface area contributed by atoms with Crippen LogP contribution in [-0.4, -0.2) is 31.8 Å². The molecule has 1 heterocycles. The molecule has 1 aliphatic heterocycles. The molecule has 1 aromatic rings. The molecule has 0 spiro atoms. The molecule has 1 N–H and O–H groups in total. The van der Waals surface area contributed by atoms with Gasteiger partial charge in [-0.3, -0.25) is 9.10 Å². The summed E-state index contributed by atoms with van der Waals surface area (Å²) >= 11 is 0. The van der Waals surface area contributed by atoms with Gasteiger partial charge in [0.1, 0.15) is 0 Å². The van der Waals surface area contributed by atoms with Gasteiger partial charge in [0.2, 0.25) is 10.0 Å². The molecule has 0 fully saturated rings. The van der Waals surface area contributed by atoms with Crippen molar-refractivity contribution in [3.63, 3.8) is 0 Å². The predicted octanol–water partition coefficient (Wildman–Crippen LogP) is 2.05. The van der Waals surface area contributed by atoms with Crippen LogP contribution in [0.25, 0.3) is 0 Å². The third-order valence-corrected chi connectivity index (χ3v) is 5.52. The number of sulfonamides is 1. The third-order valence-electron chi connectivity index (χ3n) is 3.38. The quantitative estimate of drug-likeness (QED) is 0.923. The maximum atomic E-state index is 12.4. The SMILES string of the molecule is CC(C)CS(=O)(=O)N1CCC(C(=O)O)c2ccccc21. The highest BCUT2D eigenvalue weighted by molar-refractivity contribution is 7.92. The number of rotatable bonds is 4. The van der Waals surface area contributed by atoms with Crippen LogP contribution in [0.2, 0.25) is 0 Å². The molecule has 0 bridgehead atoms. The molecule has 0 aliphatic carbocycles. The number of hydrogen-bond donors (Lipinski definition) is 1. The number of carboxylic acid groups (broad SMARTS) is 1. The van der Waals surface area contributed by atoms with Gasteiger partial charge in [-0.1, -0.05) is 32.0 Å². The van der Waals surface area contributed by atoms with Crippen LogP contribution in [-0.2, 0) is 14.8 Å². The number of para-hydroxylation sites is 1. The second kappa shape index (κ2) is 5.44. The van der Waals surface area contributed by atoms with E-state index in [-0.39, 0.29) is 18.2 Å². The van der Waals surface area contributed by atoms with Gasteiger partial charge in [0.15, 0.2) is 0 Å². The topological polar surface area (TPSA) is 74.7 Å². The first-order valence-electron chi connectivity index (χ1n) is 6.65. The summed E-state index contributed by atoms with van der Waals surface area (Å²) in [5.74, 6) is -1.43. The van der Waals surface area contributed by atoms with Gasteiger partial charge in [-0.25, -0.2) is 8.42 Å². The predicted molar refractivity (Wildman–Crippen MR) is 77.4 cm³/mol. The Hall–Kier alpha value is -1.56. The van der Waals surface area contributed by atoms with Crippen molar-refractivity contribution in [2.24, 2.45) is 5.92 Å². The van der Waals surface area contributed by atoms with Gasteiger partial charge in [-0.15, -0.1) is 0 Å². The van der Waals surface area contributed by atoms with E-state index in [1.165, 1.54) is 4.31 Å². The van der Waals surface area contributed by atoms with Crippen LogP contribution >= 0.6 is 0 Å². The number of hydrogen-bond acceptors (Lipinski definition) is 3. The third kappa shape index (κ3) is 2.80. The Morgan fingerprint density at radius 2 is 2.05 bits per heavy atom. The van der Waals surface area contributed by atoms with Crippen LogP contribution in [0.3, 0.4) is 0 Å². The van der Waals surface area contributed by atoms with Crippen molar-refractivity contribution in [3.05, 3.63) is 29.8 Å². The fourth-order valence-electron chi connectivity index (χ4n) is 2.59. The highest BCUT2D eigenvalue weighted by atomic mass is 32.2. The van der Waals surface area contributed by atoms with Crippen molar-refractivity contribution < 1.29 is 18.3 Å².